The Labute approximate surface area is 169 Å². The molecule has 3 aliphatic rings. The molecule has 0 aliphatic carbocycles. The van der Waals surface area contributed by atoms with Crippen molar-refractivity contribution in [2.24, 2.45) is 4.99 Å². The van der Waals surface area contributed by atoms with Crippen LogP contribution >= 0.6 is 0 Å². The van der Waals surface area contributed by atoms with E-state index in [1.165, 1.54) is 6.92 Å². The minimum Gasteiger partial charge on any atom is -0.479 e. The molecule has 3 heterocycles. The quantitative estimate of drug-likeness (QED) is 0.208. The number of fused-ring (bicyclic) bond motifs is 1. The van der Waals surface area contributed by atoms with E-state index in [-0.39, 0.29) is 5.90 Å². The summed E-state index contributed by atoms with van der Waals surface area (Å²) in [6.45, 7) is 0.636. The normalized spacial score (nSPS) is 44.1. The molecular formula is C14H21NO14S. The molecule has 3 aliphatic heterocycles. The van der Waals surface area contributed by atoms with E-state index in [0.29, 0.717) is 0 Å². The predicted molar refractivity (Wildman–Crippen MR) is 89.3 cm³/mol. The maximum Gasteiger partial charge on any atom is 0.397 e. The number of rotatable bonds is 6. The van der Waals surface area contributed by atoms with Crippen LogP contribution in [-0.2, 0) is 38.3 Å². The Kier molecular flexibility index (Phi) is 6.63. The second kappa shape index (κ2) is 8.58. The molecule has 10 atom stereocenters. The maximum atomic E-state index is 11.3. The highest BCUT2D eigenvalue weighted by Gasteiger charge is 2.55. The first kappa shape index (κ1) is 23.2. The Morgan fingerprint density at radius 2 is 1.80 bits per heavy atom. The number of aliphatic imine (C=N–C) groups is 1. The van der Waals surface area contributed by atoms with Gasteiger partial charge in [-0.1, -0.05) is 0 Å². The van der Waals surface area contributed by atoms with Gasteiger partial charge >= 0.3 is 16.4 Å². The van der Waals surface area contributed by atoms with Gasteiger partial charge in [0.15, 0.2) is 18.3 Å². The maximum absolute atomic E-state index is 11.3. The number of carbonyl (C=O) groups is 1. The molecule has 6 N–H and O–H groups in total. The Morgan fingerprint density at radius 1 is 1.13 bits per heavy atom. The van der Waals surface area contributed by atoms with E-state index < -0.39 is 84.3 Å². The van der Waals surface area contributed by atoms with E-state index in [9.17, 15) is 33.6 Å². The number of carboxylic acids is 1. The Hall–Kier alpha value is -1.47. The van der Waals surface area contributed by atoms with E-state index >= 15 is 0 Å². The van der Waals surface area contributed by atoms with Crippen molar-refractivity contribution in [2.45, 2.75) is 68.3 Å². The molecule has 30 heavy (non-hydrogen) atoms. The van der Waals surface area contributed by atoms with Gasteiger partial charge in [0.2, 0.25) is 6.29 Å². The fourth-order valence-electron chi connectivity index (χ4n) is 3.41. The summed E-state index contributed by atoms with van der Waals surface area (Å²) < 4.78 is 57.5. The minimum atomic E-state index is -5.09. The lowest BCUT2D eigenvalue weighted by Crippen LogP contribution is -2.64. The Balaban J connectivity index is 1.92. The van der Waals surface area contributed by atoms with Crippen LogP contribution in [0.1, 0.15) is 6.92 Å². The number of aliphatic hydroxyl groups excluding tert-OH is 4. The van der Waals surface area contributed by atoms with E-state index in [2.05, 4.69) is 9.18 Å². The van der Waals surface area contributed by atoms with Crippen LogP contribution < -0.4 is 0 Å². The molecule has 0 spiro atoms. The van der Waals surface area contributed by atoms with Crippen LogP contribution in [0.2, 0.25) is 0 Å². The zero-order chi connectivity index (χ0) is 22.4. The SMILES string of the molecule is CC1=N[C@H]2[C@@H](O1)O[C@H](CO)[C@H](OS(=O)(=O)O)[C@@H]2O[C@@H]1O[C@H](C(=O)O)[C@@H](O)[C@H](O)[C@H]1O. The van der Waals surface area contributed by atoms with Crippen LogP contribution in [-0.4, -0.2) is 118 Å². The van der Waals surface area contributed by atoms with E-state index in [1.54, 1.807) is 0 Å². The second-order valence-corrected chi connectivity index (χ2v) is 7.85. The fourth-order valence-corrected chi connectivity index (χ4v) is 3.93. The van der Waals surface area contributed by atoms with Gasteiger partial charge in [-0.3, -0.25) is 4.55 Å². The van der Waals surface area contributed by atoms with E-state index in [0.717, 1.165) is 0 Å². The molecule has 0 aromatic rings. The van der Waals surface area contributed by atoms with Gasteiger partial charge in [-0.25, -0.2) is 14.0 Å². The average molecular weight is 459 g/mol. The third-order valence-electron chi connectivity index (χ3n) is 4.75. The lowest BCUT2D eigenvalue weighted by molar-refractivity contribution is -0.329. The van der Waals surface area contributed by atoms with Crippen LogP contribution in [0.5, 0.6) is 0 Å². The Bertz CT molecular complexity index is 788. The first-order valence-corrected chi connectivity index (χ1v) is 10.0. The molecule has 0 bridgehead atoms. The third-order valence-corrected chi connectivity index (χ3v) is 5.21. The lowest BCUT2D eigenvalue weighted by Gasteiger charge is -2.44. The number of hydrogen-bond donors (Lipinski definition) is 6. The van der Waals surface area contributed by atoms with Gasteiger partial charge in [0.05, 0.1) is 6.61 Å². The standard InChI is InChI=1S/C14H21NO14S/c1-3-15-5-10(9(29-30(22,23)24)4(2-16)26-13(5)25-3)27-14-8(19)6(17)7(18)11(28-14)12(20)21/h4-11,13-14,16-19H,2H2,1H3,(H,20,21)(H,22,23,24)/t4-,5-,6+,7+,8-,9+,10-,11+,13+,14-/m1/s1. The van der Waals surface area contributed by atoms with Crippen molar-refractivity contribution in [3.8, 4) is 0 Å². The van der Waals surface area contributed by atoms with Crippen molar-refractivity contribution in [3.05, 3.63) is 0 Å². The van der Waals surface area contributed by atoms with E-state index in [1.807, 2.05) is 0 Å². The van der Waals surface area contributed by atoms with Crippen LogP contribution in [0.4, 0.5) is 0 Å². The first-order valence-electron chi connectivity index (χ1n) is 8.64. The summed E-state index contributed by atoms with van der Waals surface area (Å²) in [5.74, 6) is -1.56. The monoisotopic (exact) mass is 459 g/mol. The van der Waals surface area contributed by atoms with Crippen LogP contribution in [0.25, 0.3) is 0 Å². The molecular weight excluding hydrogens is 438 g/mol. The topological polar surface area (TPSA) is 231 Å². The molecule has 0 amide bonds. The highest BCUT2D eigenvalue weighted by atomic mass is 32.3. The van der Waals surface area contributed by atoms with Gasteiger partial charge in [0.1, 0.15) is 42.7 Å². The zero-order valence-corrected chi connectivity index (χ0v) is 16.1. The highest BCUT2D eigenvalue weighted by Crippen LogP contribution is 2.35. The molecule has 2 fully saturated rings. The summed E-state index contributed by atoms with van der Waals surface area (Å²) >= 11 is 0. The molecule has 0 unspecified atom stereocenters. The number of carboxylic acid groups (broad SMARTS) is 1. The van der Waals surface area contributed by atoms with Crippen LogP contribution in [0.3, 0.4) is 0 Å². The van der Waals surface area contributed by atoms with Crippen molar-refractivity contribution < 1.29 is 66.4 Å². The second-order valence-electron chi connectivity index (χ2n) is 6.81. The number of ether oxygens (including phenoxy) is 4. The van der Waals surface area contributed by atoms with Crippen molar-refractivity contribution in [1.82, 2.24) is 0 Å². The molecule has 16 heteroatoms. The number of hydrogen-bond acceptors (Lipinski definition) is 13. The molecule has 0 aromatic heterocycles. The van der Waals surface area contributed by atoms with Crippen molar-refractivity contribution >= 4 is 22.3 Å². The molecule has 15 nitrogen and oxygen atoms in total. The smallest absolute Gasteiger partial charge is 0.397 e. The molecule has 2 saturated heterocycles. The summed E-state index contributed by atoms with van der Waals surface area (Å²) in [5, 5.41) is 48.6. The van der Waals surface area contributed by atoms with Crippen molar-refractivity contribution in [3.63, 3.8) is 0 Å². The molecule has 172 valence electrons. The van der Waals surface area contributed by atoms with Gasteiger partial charge in [-0.05, 0) is 0 Å². The highest BCUT2D eigenvalue weighted by molar-refractivity contribution is 7.80. The Morgan fingerprint density at radius 3 is 2.37 bits per heavy atom. The zero-order valence-electron chi connectivity index (χ0n) is 15.3. The van der Waals surface area contributed by atoms with Crippen molar-refractivity contribution in [1.29, 1.82) is 0 Å². The largest absolute Gasteiger partial charge is 0.479 e. The van der Waals surface area contributed by atoms with Gasteiger partial charge < -0.3 is 44.5 Å². The summed E-state index contributed by atoms with van der Waals surface area (Å²) in [5.41, 5.74) is 0. The fraction of sp³-hybridized carbons (Fsp3) is 0.857. The van der Waals surface area contributed by atoms with E-state index in [4.69, 9.17) is 28.6 Å². The number of aliphatic hydroxyl groups is 4. The molecule has 0 aromatic carbocycles. The summed E-state index contributed by atoms with van der Waals surface area (Å²) in [7, 11) is -5.09. The average Bonchev–Trinajstić information content (AvgIpc) is 3.01. The van der Waals surface area contributed by atoms with Crippen LogP contribution in [0.15, 0.2) is 4.99 Å². The van der Waals surface area contributed by atoms with Crippen molar-refractivity contribution in [2.75, 3.05) is 6.61 Å². The van der Waals surface area contributed by atoms with Crippen LogP contribution in [0, 0.1) is 0 Å². The molecule has 3 rings (SSSR count). The summed E-state index contributed by atoms with van der Waals surface area (Å²) in [6.07, 6.45) is -15.6. The number of aliphatic carboxylic acids is 1. The van der Waals surface area contributed by atoms with Gasteiger partial charge in [0, 0.05) is 6.92 Å². The number of nitrogens with zero attached hydrogens (tertiary/aromatic N) is 1. The molecule has 0 saturated carbocycles. The third kappa shape index (κ3) is 4.57. The summed E-state index contributed by atoms with van der Waals surface area (Å²) in [4.78, 5) is 15.3. The van der Waals surface area contributed by atoms with Gasteiger partial charge in [-0.15, -0.1) is 0 Å². The minimum absolute atomic E-state index is 0.103. The summed E-state index contributed by atoms with van der Waals surface area (Å²) in [6, 6.07) is -1.14. The van der Waals surface area contributed by atoms with Gasteiger partial charge in [0.25, 0.3) is 0 Å². The van der Waals surface area contributed by atoms with Gasteiger partial charge in [-0.2, -0.15) is 8.42 Å². The lowest BCUT2D eigenvalue weighted by atomic mass is 9.96. The predicted octanol–water partition coefficient (Wildman–Crippen LogP) is -4.01. The molecule has 0 radical (unpaired) electrons. The first-order chi connectivity index (χ1) is 13.9.